The van der Waals surface area contributed by atoms with Crippen LogP contribution in [-0.2, 0) is 32.2 Å². The van der Waals surface area contributed by atoms with Gasteiger partial charge in [-0.15, -0.1) is 0 Å². The van der Waals surface area contributed by atoms with Gasteiger partial charge in [0.15, 0.2) is 0 Å². The van der Waals surface area contributed by atoms with Gasteiger partial charge in [0.25, 0.3) is 0 Å². The van der Waals surface area contributed by atoms with Crippen molar-refractivity contribution in [2.75, 3.05) is 6.61 Å². The van der Waals surface area contributed by atoms with E-state index in [1.807, 2.05) is 13.0 Å². The first-order valence-electron chi connectivity index (χ1n) is 10.4. The zero-order chi connectivity index (χ0) is 27.7. The second-order valence-electron chi connectivity index (χ2n) is 7.68. The topological polar surface area (TPSA) is 110 Å². The van der Waals surface area contributed by atoms with Gasteiger partial charge in [0.1, 0.15) is 0 Å². The van der Waals surface area contributed by atoms with Crippen LogP contribution in [0.15, 0.2) is 60.7 Å². The van der Waals surface area contributed by atoms with Gasteiger partial charge in [0.2, 0.25) is 0 Å². The van der Waals surface area contributed by atoms with Crippen LogP contribution in [0.2, 0.25) is 0 Å². The largest absolute Gasteiger partial charge is 0.478 e. The molecule has 0 fully saturated rings. The lowest BCUT2D eigenvalue weighted by Crippen LogP contribution is -2.41. The van der Waals surface area contributed by atoms with Crippen LogP contribution in [0.25, 0.3) is 0 Å². The highest BCUT2D eigenvalue weighted by molar-refractivity contribution is 5.89. The molecule has 36 heavy (non-hydrogen) atoms. The second kappa shape index (κ2) is 12.5. The Labute approximate surface area is 203 Å². The Morgan fingerprint density at radius 3 is 1.69 bits per heavy atom. The molecule has 6 nitrogen and oxygen atoms in total. The van der Waals surface area contributed by atoms with Crippen molar-refractivity contribution in [3.63, 3.8) is 0 Å². The lowest BCUT2D eigenvalue weighted by Gasteiger charge is -2.30. The third kappa shape index (κ3) is 9.70. The number of carboxylic acids is 2. The number of rotatable bonds is 8. The fraction of sp³-hybridized carbons (Fsp3) is 0.333. The fourth-order valence-electron chi connectivity index (χ4n) is 2.89. The minimum atomic E-state index is -4.90. The highest BCUT2D eigenvalue weighted by atomic mass is 19.4. The van der Waals surface area contributed by atoms with E-state index in [1.165, 1.54) is 6.92 Å². The molecule has 2 aromatic rings. The summed E-state index contributed by atoms with van der Waals surface area (Å²) in [6.07, 6.45) is -9.23. The molecule has 0 aromatic heterocycles. The molecule has 0 aliphatic carbocycles. The first-order valence-corrected chi connectivity index (χ1v) is 10.4. The van der Waals surface area contributed by atoms with Gasteiger partial charge in [-0.3, -0.25) is 0 Å². The summed E-state index contributed by atoms with van der Waals surface area (Å²) in [5.74, 6) is -2.51. The normalized spacial score (nSPS) is 14.5. The fourth-order valence-corrected chi connectivity index (χ4v) is 2.89. The lowest BCUT2D eigenvalue weighted by molar-refractivity contribution is -0.143. The van der Waals surface area contributed by atoms with Crippen molar-refractivity contribution < 1.29 is 50.9 Å². The van der Waals surface area contributed by atoms with Gasteiger partial charge in [0, 0.05) is 12.2 Å². The molecular weight excluding hydrogens is 496 g/mol. The van der Waals surface area contributed by atoms with E-state index in [2.05, 4.69) is 0 Å². The van der Waals surface area contributed by atoms with Crippen LogP contribution < -0.4 is 5.73 Å². The number of carboxylic acid groups (broad SMARTS) is 2. The first kappa shape index (κ1) is 30.7. The van der Waals surface area contributed by atoms with Crippen LogP contribution in [0.3, 0.4) is 0 Å². The molecule has 0 bridgehead atoms. The van der Waals surface area contributed by atoms with E-state index in [4.69, 9.17) is 20.7 Å². The minimum Gasteiger partial charge on any atom is -0.478 e. The van der Waals surface area contributed by atoms with E-state index in [0.29, 0.717) is 30.7 Å². The molecule has 0 saturated carbocycles. The number of halogens is 6. The third-order valence-electron chi connectivity index (χ3n) is 5.02. The average Bonchev–Trinajstić information content (AvgIpc) is 2.80. The van der Waals surface area contributed by atoms with Crippen LogP contribution in [0.5, 0.6) is 0 Å². The number of hydrogen-bond donors (Lipinski definition) is 3. The number of hydrogen-bond acceptors (Lipinski definition) is 4. The van der Waals surface area contributed by atoms with Crippen LogP contribution in [0, 0.1) is 0 Å². The van der Waals surface area contributed by atoms with Gasteiger partial charge in [-0.2, -0.15) is 26.3 Å². The van der Waals surface area contributed by atoms with Crippen molar-refractivity contribution in [2.45, 2.75) is 44.3 Å². The molecule has 2 rings (SSSR count). The van der Waals surface area contributed by atoms with Crippen LogP contribution in [0.1, 0.15) is 48.6 Å². The Morgan fingerprint density at radius 2 is 1.33 bits per heavy atom. The zero-order valence-corrected chi connectivity index (χ0v) is 19.2. The van der Waals surface area contributed by atoms with E-state index in [0.717, 1.165) is 5.56 Å². The Morgan fingerprint density at radius 1 is 0.889 bits per heavy atom. The molecule has 12 heteroatoms. The highest BCUT2D eigenvalue weighted by Gasteiger charge is 2.37. The summed E-state index contributed by atoms with van der Waals surface area (Å²) in [6.45, 7) is 3.16. The second-order valence-corrected chi connectivity index (χ2v) is 7.68. The van der Waals surface area contributed by atoms with Crippen molar-refractivity contribution in [1.29, 1.82) is 0 Å². The number of nitrogens with two attached hydrogens (primary N) is 1. The van der Waals surface area contributed by atoms with E-state index in [1.54, 1.807) is 24.3 Å². The molecule has 0 unspecified atom stereocenters. The highest BCUT2D eigenvalue weighted by Crippen LogP contribution is 2.38. The van der Waals surface area contributed by atoms with E-state index in [-0.39, 0.29) is 18.2 Å². The van der Waals surface area contributed by atoms with Gasteiger partial charge >= 0.3 is 24.3 Å². The van der Waals surface area contributed by atoms with Crippen molar-refractivity contribution in [3.05, 3.63) is 82.9 Å². The maximum atomic E-state index is 13.0. The van der Waals surface area contributed by atoms with E-state index >= 15 is 0 Å². The molecule has 0 amide bonds. The molecule has 2 aromatic carbocycles. The monoisotopic (exact) mass is 521 g/mol. The molecule has 0 saturated heterocycles. The predicted octanol–water partition coefficient (Wildman–Crippen LogP) is 5.78. The summed E-state index contributed by atoms with van der Waals surface area (Å²) in [5, 5.41) is 15.6. The number of carbonyl (C=O) groups is 2. The number of benzene rings is 2. The molecule has 2 atom stereocenters. The van der Waals surface area contributed by atoms with Crippen molar-refractivity contribution >= 4 is 11.9 Å². The predicted molar refractivity (Wildman–Crippen MR) is 118 cm³/mol. The maximum Gasteiger partial charge on any atom is 0.416 e. The Balaban J connectivity index is 0.000000697. The Bertz CT molecular complexity index is 1000. The Hall–Kier alpha value is -3.38. The zero-order valence-electron chi connectivity index (χ0n) is 19.2. The molecule has 198 valence electrons. The summed E-state index contributed by atoms with van der Waals surface area (Å²) in [4.78, 5) is 19.1. The summed E-state index contributed by atoms with van der Waals surface area (Å²) in [6, 6.07) is 10.4. The summed E-state index contributed by atoms with van der Waals surface area (Å²) in [7, 11) is 0. The average molecular weight is 521 g/mol. The molecule has 0 aliphatic rings. The Kier molecular flexibility index (Phi) is 10.7. The van der Waals surface area contributed by atoms with Crippen LogP contribution in [0.4, 0.5) is 26.3 Å². The summed E-state index contributed by atoms with van der Waals surface area (Å²) in [5.41, 5.74) is 3.26. The smallest absolute Gasteiger partial charge is 0.416 e. The first-order chi connectivity index (χ1) is 16.5. The van der Waals surface area contributed by atoms with Crippen LogP contribution in [-0.4, -0.2) is 28.8 Å². The molecule has 0 radical (unpaired) electrons. The van der Waals surface area contributed by atoms with E-state index in [9.17, 15) is 35.9 Å². The van der Waals surface area contributed by atoms with Gasteiger partial charge in [-0.05, 0) is 42.7 Å². The number of ether oxygens (including phenoxy) is 1. The van der Waals surface area contributed by atoms with Crippen molar-refractivity contribution in [1.82, 2.24) is 0 Å². The van der Waals surface area contributed by atoms with E-state index < -0.39 is 47.1 Å². The van der Waals surface area contributed by atoms with Gasteiger partial charge in [0.05, 0.1) is 29.4 Å². The molecule has 4 N–H and O–H groups in total. The standard InChI is InChI=1S/C20H21F6NO.C4H4O4/c1-3-18(27,15-7-5-4-6-8-15)12-28-13(2)14-9-16(19(21,22)23)11-17(10-14)20(24,25)26;5-3(6)1-2-4(7)8/h4-11,13H,3,12,27H2,1-2H3;1-2H,(H,5,6)(H,7,8)/b;2-1-/t13-,18-;/m1./s1. The maximum absolute atomic E-state index is 13.0. The molecule has 0 heterocycles. The third-order valence-corrected chi connectivity index (χ3v) is 5.02. The minimum absolute atomic E-state index is 0.0632. The van der Waals surface area contributed by atoms with Gasteiger partial charge in [-0.1, -0.05) is 37.3 Å². The van der Waals surface area contributed by atoms with Gasteiger partial charge < -0.3 is 20.7 Å². The van der Waals surface area contributed by atoms with Crippen LogP contribution >= 0.6 is 0 Å². The summed E-state index contributed by atoms with van der Waals surface area (Å²) < 4.78 is 83.7. The number of aliphatic carboxylic acids is 2. The molecule has 0 aliphatic heterocycles. The quantitative estimate of drug-likeness (QED) is 0.300. The number of alkyl halides is 6. The summed E-state index contributed by atoms with van der Waals surface area (Å²) >= 11 is 0. The lowest BCUT2D eigenvalue weighted by atomic mass is 9.89. The van der Waals surface area contributed by atoms with Gasteiger partial charge in [-0.25, -0.2) is 9.59 Å². The van der Waals surface area contributed by atoms with Crippen molar-refractivity contribution in [2.24, 2.45) is 5.73 Å². The molecule has 0 spiro atoms. The van der Waals surface area contributed by atoms with Crippen molar-refractivity contribution in [3.8, 4) is 0 Å². The molecular formula is C24H25F6NO5. The SMILES string of the molecule is CC[C@@](N)(CO[C@H](C)c1cc(C(F)(F)F)cc(C(F)(F)F)c1)c1ccccc1.O=C(O)/C=C\C(=O)O.